The zero-order valence-electron chi connectivity index (χ0n) is 11.3. The Kier molecular flexibility index (Phi) is 5.07. The standard InChI is InChI=1S/C9H10.C8H8N2O/c1-2-5-9-7-3-6-8(9)4-1;9-8(11)2-1-7-3-5-10-6-4-7/h1-2,4-5H,3,6-7H2;1-6H,(H2,9,11)/b;2-1+. The number of nitrogens with zero attached hydrogens (tertiary/aromatic N) is 1. The summed E-state index contributed by atoms with van der Waals surface area (Å²) in [5, 5.41) is 0. The lowest BCUT2D eigenvalue weighted by Gasteiger charge is -1.93. The van der Waals surface area contributed by atoms with Crippen LogP contribution in [0.3, 0.4) is 0 Å². The molecule has 0 spiro atoms. The van der Waals surface area contributed by atoms with Gasteiger partial charge in [0.25, 0.3) is 0 Å². The predicted molar refractivity (Wildman–Crippen MR) is 80.9 cm³/mol. The van der Waals surface area contributed by atoms with Crippen LogP contribution >= 0.6 is 0 Å². The summed E-state index contributed by atoms with van der Waals surface area (Å²) in [5.41, 5.74) is 8.95. The van der Waals surface area contributed by atoms with E-state index < -0.39 is 5.91 Å². The summed E-state index contributed by atoms with van der Waals surface area (Å²) in [5.74, 6) is -0.443. The van der Waals surface area contributed by atoms with Gasteiger partial charge in [-0.3, -0.25) is 9.78 Å². The molecule has 3 nitrogen and oxygen atoms in total. The summed E-state index contributed by atoms with van der Waals surface area (Å²) in [6, 6.07) is 12.3. The number of amides is 1. The van der Waals surface area contributed by atoms with Gasteiger partial charge in [-0.15, -0.1) is 0 Å². The van der Waals surface area contributed by atoms with Gasteiger partial charge in [0, 0.05) is 18.5 Å². The average Bonchev–Trinajstić information content (AvgIpc) is 2.95. The largest absolute Gasteiger partial charge is 0.366 e. The number of hydrogen-bond donors (Lipinski definition) is 1. The molecule has 0 saturated carbocycles. The Morgan fingerprint density at radius 3 is 2.20 bits per heavy atom. The van der Waals surface area contributed by atoms with Crippen molar-refractivity contribution in [2.45, 2.75) is 19.3 Å². The third-order valence-corrected chi connectivity index (χ3v) is 3.16. The molecule has 102 valence electrons. The number of aromatic nitrogens is 1. The number of nitrogens with two attached hydrogens (primary N) is 1. The first-order valence-electron chi connectivity index (χ1n) is 6.70. The van der Waals surface area contributed by atoms with Crippen LogP contribution in [0.4, 0.5) is 0 Å². The van der Waals surface area contributed by atoms with Gasteiger partial charge in [-0.1, -0.05) is 24.3 Å². The molecule has 3 rings (SSSR count). The lowest BCUT2D eigenvalue weighted by atomic mass is 10.1. The van der Waals surface area contributed by atoms with Gasteiger partial charge < -0.3 is 5.73 Å². The maximum Gasteiger partial charge on any atom is 0.241 e. The van der Waals surface area contributed by atoms with Crippen LogP contribution in [0.25, 0.3) is 6.08 Å². The molecule has 0 fully saturated rings. The molecule has 1 aromatic carbocycles. The van der Waals surface area contributed by atoms with E-state index in [0.29, 0.717) is 0 Å². The summed E-state index contributed by atoms with van der Waals surface area (Å²) in [6.07, 6.45) is 10.2. The Hall–Kier alpha value is -2.42. The van der Waals surface area contributed by atoms with E-state index >= 15 is 0 Å². The molecule has 0 aliphatic heterocycles. The number of rotatable bonds is 2. The molecule has 0 unspecified atom stereocenters. The molecular weight excluding hydrogens is 248 g/mol. The zero-order valence-corrected chi connectivity index (χ0v) is 11.3. The molecule has 3 heteroatoms. The summed E-state index contributed by atoms with van der Waals surface area (Å²) in [6.45, 7) is 0. The van der Waals surface area contributed by atoms with Crippen molar-refractivity contribution in [3.8, 4) is 0 Å². The van der Waals surface area contributed by atoms with Gasteiger partial charge in [0.05, 0.1) is 0 Å². The van der Waals surface area contributed by atoms with Crippen LogP contribution in [-0.4, -0.2) is 10.9 Å². The maximum atomic E-state index is 10.3. The van der Waals surface area contributed by atoms with Crippen LogP contribution in [0.1, 0.15) is 23.1 Å². The van der Waals surface area contributed by atoms with Crippen molar-refractivity contribution in [3.63, 3.8) is 0 Å². The average molecular weight is 266 g/mol. The number of hydrogen-bond acceptors (Lipinski definition) is 2. The minimum atomic E-state index is -0.443. The normalized spacial score (nSPS) is 12.6. The highest BCUT2D eigenvalue weighted by molar-refractivity contribution is 5.90. The van der Waals surface area contributed by atoms with Crippen LogP contribution in [0, 0.1) is 0 Å². The second kappa shape index (κ2) is 7.24. The fraction of sp³-hybridized carbons (Fsp3) is 0.176. The minimum Gasteiger partial charge on any atom is -0.366 e. The number of primary amides is 1. The van der Waals surface area contributed by atoms with Gasteiger partial charge in [0.2, 0.25) is 5.91 Å². The molecule has 1 aromatic heterocycles. The van der Waals surface area contributed by atoms with Crippen LogP contribution < -0.4 is 5.73 Å². The van der Waals surface area contributed by atoms with Gasteiger partial charge in [-0.25, -0.2) is 0 Å². The molecular formula is C17H18N2O. The number of aryl methyl sites for hydroxylation is 2. The molecule has 20 heavy (non-hydrogen) atoms. The van der Waals surface area contributed by atoms with Crippen molar-refractivity contribution >= 4 is 12.0 Å². The van der Waals surface area contributed by atoms with Crippen LogP contribution in [-0.2, 0) is 17.6 Å². The highest BCUT2D eigenvalue weighted by Crippen LogP contribution is 2.20. The van der Waals surface area contributed by atoms with Gasteiger partial charge in [0.1, 0.15) is 0 Å². The summed E-state index contributed by atoms with van der Waals surface area (Å²) >= 11 is 0. The van der Waals surface area contributed by atoms with E-state index in [2.05, 4.69) is 29.2 Å². The van der Waals surface area contributed by atoms with Crippen molar-refractivity contribution < 1.29 is 4.79 Å². The molecule has 2 aromatic rings. The Balaban J connectivity index is 0.000000149. The van der Waals surface area contributed by atoms with E-state index in [0.717, 1.165) is 5.56 Å². The van der Waals surface area contributed by atoms with Crippen molar-refractivity contribution in [1.29, 1.82) is 0 Å². The minimum absolute atomic E-state index is 0.443. The zero-order chi connectivity index (χ0) is 14.2. The first-order chi connectivity index (χ1) is 9.75. The number of pyridine rings is 1. The topological polar surface area (TPSA) is 56.0 Å². The third kappa shape index (κ3) is 4.35. The van der Waals surface area contributed by atoms with E-state index in [4.69, 9.17) is 5.73 Å². The van der Waals surface area contributed by atoms with E-state index in [1.807, 2.05) is 0 Å². The highest BCUT2D eigenvalue weighted by atomic mass is 16.1. The number of fused-ring (bicyclic) bond motifs is 1. The van der Waals surface area contributed by atoms with E-state index in [1.165, 1.54) is 25.3 Å². The predicted octanol–water partition coefficient (Wildman–Crippen LogP) is 2.76. The summed E-state index contributed by atoms with van der Waals surface area (Å²) < 4.78 is 0. The molecule has 0 bridgehead atoms. The van der Waals surface area contributed by atoms with Gasteiger partial charge in [0.15, 0.2) is 0 Å². The Morgan fingerprint density at radius 1 is 1.05 bits per heavy atom. The van der Waals surface area contributed by atoms with Crippen molar-refractivity contribution in [1.82, 2.24) is 4.98 Å². The molecule has 1 aliphatic rings. The molecule has 0 radical (unpaired) electrons. The number of carbonyl (C=O) groups is 1. The number of benzene rings is 1. The smallest absolute Gasteiger partial charge is 0.241 e. The fourth-order valence-electron chi connectivity index (χ4n) is 2.17. The molecule has 1 aliphatic carbocycles. The maximum absolute atomic E-state index is 10.3. The van der Waals surface area contributed by atoms with Crippen molar-refractivity contribution in [2.75, 3.05) is 0 Å². The molecule has 0 saturated heterocycles. The molecule has 1 amide bonds. The SMILES string of the molecule is NC(=O)/C=C/c1ccncc1.c1ccc2c(c1)CCC2. The quantitative estimate of drug-likeness (QED) is 0.850. The molecule has 0 atom stereocenters. The second-order valence-electron chi connectivity index (χ2n) is 4.64. The Labute approximate surface area is 119 Å². The van der Waals surface area contributed by atoms with Gasteiger partial charge >= 0.3 is 0 Å². The highest BCUT2D eigenvalue weighted by Gasteiger charge is 2.07. The fourth-order valence-corrected chi connectivity index (χ4v) is 2.17. The van der Waals surface area contributed by atoms with Crippen LogP contribution in [0.2, 0.25) is 0 Å². The Morgan fingerprint density at radius 2 is 1.65 bits per heavy atom. The first kappa shape index (κ1) is 14.0. The summed E-state index contributed by atoms with van der Waals surface area (Å²) in [4.78, 5) is 14.1. The monoisotopic (exact) mass is 266 g/mol. The summed E-state index contributed by atoms with van der Waals surface area (Å²) in [7, 11) is 0. The molecule has 2 N–H and O–H groups in total. The van der Waals surface area contributed by atoms with Crippen molar-refractivity contribution in [3.05, 3.63) is 71.6 Å². The van der Waals surface area contributed by atoms with Crippen LogP contribution in [0.5, 0.6) is 0 Å². The van der Waals surface area contributed by atoms with E-state index in [1.54, 1.807) is 41.7 Å². The third-order valence-electron chi connectivity index (χ3n) is 3.16. The van der Waals surface area contributed by atoms with Crippen LogP contribution in [0.15, 0.2) is 54.9 Å². The molecule has 1 heterocycles. The van der Waals surface area contributed by atoms with E-state index in [9.17, 15) is 4.79 Å². The van der Waals surface area contributed by atoms with Crippen molar-refractivity contribution in [2.24, 2.45) is 5.73 Å². The van der Waals surface area contributed by atoms with E-state index in [-0.39, 0.29) is 0 Å². The first-order valence-corrected chi connectivity index (χ1v) is 6.70. The second-order valence-corrected chi connectivity index (χ2v) is 4.64. The lowest BCUT2D eigenvalue weighted by Crippen LogP contribution is -2.04. The lowest BCUT2D eigenvalue weighted by molar-refractivity contribution is -0.113. The van der Waals surface area contributed by atoms with Gasteiger partial charge in [-0.05, 0) is 54.2 Å². The Bertz CT molecular complexity index is 568. The number of carbonyl (C=O) groups excluding carboxylic acids is 1. The van der Waals surface area contributed by atoms with Gasteiger partial charge in [-0.2, -0.15) is 0 Å².